The standard InChI is InChI=1S/C21H17N3O5S/c1-23-15-7-6-13(20(28)29-2)11-16(15)30-21(23)22-19(27)12-4-3-5-14(10-12)24-17(25)8-9-18(24)26/h3-7,10-11H,8-9H2,1-2H3. The van der Waals surface area contributed by atoms with Gasteiger partial charge in [-0.2, -0.15) is 4.99 Å². The third-order valence-corrected chi connectivity index (χ3v) is 5.93. The van der Waals surface area contributed by atoms with Gasteiger partial charge in [-0.1, -0.05) is 17.4 Å². The van der Waals surface area contributed by atoms with Gasteiger partial charge in [-0.25, -0.2) is 4.79 Å². The average molecular weight is 423 g/mol. The molecule has 0 unspecified atom stereocenters. The average Bonchev–Trinajstić information content (AvgIpc) is 3.25. The third-order valence-electron chi connectivity index (χ3n) is 4.83. The SMILES string of the molecule is COC(=O)c1ccc2c(c1)sc(=NC(=O)c1cccc(N3C(=O)CCC3=O)c1)n2C. The van der Waals surface area contributed by atoms with Crippen molar-refractivity contribution >= 4 is 50.9 Å². The molecule has 8 nitrogen and oxygen atoms in total. The quantitative estimate of drug-likeness (QED) is 0.476. The molecular formula is C21H17N3O5S. The fraction of sp³-hybridized carbons (Fsp3) is 0.190. The van der Waals surface area contributed by atoms with Crippen LogP contribution in [0.25, 0.3) is 10.2 Å². The molecule has 4 rings (SSSR count). The van der Waals surface area contributed by atoms with Crippen LogP contribution in [0.15, 0.2) is 47.5 Å². The number of amides is 3. The lowest BCUT2D eigenvalue weighted by atomic mass is 10.2. The molecule has 1 aliphatic rings. The molecule has 3 aromatic rings. The lowest BCUT2D eigenvalue weighted by Crippen LogP contribution is -2.28. The van der Waals surface area contributed by atoms with E-state index in [0.717, 1.165) is 15.1 Å². The number of benzene rings is 2. The molecule has 0 aliphatic carbocycles. The Hall–Kier alpha value is -3.59. The summed E-state index contributed by atoms with van der Waals surface area (Å²) in [5.74, 6) is -1.49. The first kappa shape index (κ1) is 19.7. The summed E-state index contributed by atoms with van der Waals surface area (Å²) in [6.45, 7) is 0. The molecule has 2 aromatic carbocycles. The molecule has 1 fully saturated rings. The number of fused-ring (bicyclic) bond motifs is 1. The number of aromatic nitrogens is 1. The summed E-state index contributed by atoms with van der Waals surface area (Å²) >= 11 is 1.27. The smallest absolute Gasteiger partial charge is 0.337 e. The highest BCUT2D eigenvalue weighted by Gasteiger charge is 2.30. The van der Waals surface area contributed by atoms with E-state index >= 15 is 0 Å². The number of nitrogens with zero attached hydrogens (tertiary/aromatic N) is 3. The van der Waals surface area contributed by atoms with Crippen molar-refractivity contribution in [3.05, 3.63) is 58.4 Å². The predicted octanol–water partition coefficient (Wildman–Crippen LogP) is 2.42. The number of esters is 1. The minimum absolute atomic E-state index is 0.173. The van der Waals surface area contributed by atoms with Crippen LogP contribution in [-0.2, 0) is 21.4 Å². The van der Waals surface area contributed by atoms with Crippen LogP contribution in [0.5, 0.6) is 0 Å². The Bertz CT molecular complexity index is 1270. The van der Waals surface area contributed by atoms with Crippen molar-refractivity contribution < 1.29 is 23.9 Å². The van der Waals surface area contributed by atoms with Crippen molar-refractivity contribution in [2.45, 2.75) is 12.8 Å². The molecule has 2 heterocycles. The summed E-state index contributed by atoms with van der Waals surface area (Å²) in [4.78, 5) is 54.2. The number of hydrogen-bond donors (Lipinski definition) is 0. The van der Waals surface area contributed by atoms with Gasteiger partial charge in [-0.15, -0.1) is 0 Å². The first-order chi connectivity index (χ1) is 14.4. The van der Waals surface area contributed by atoms with Gasteiger partial charge in [0.1, 0.15) is 0 Å². The number of hydrogen-bond acceptors (Lipinski definition) is 6. The van der Waals surface area contributed by atoms with Gasteiger partial charge in [0.25, 0.3) is 5.91 Å². The van der Waals surface area contributed by atoms with E-state index in [4.69, 9.17) is 4.74 Å². The summed E-state index contributed by atoms with van der Waals surface area (Å²) in [5.41, 5.74) is 1.87. The zero-order chi connectivity index (χ0) is 21.4. The Morgan fingerprint density at radius 2 is 1.77 bits per heavy atom. The van der Waals surface area contributed by atoms with Crippen LogP contribution in [0.1, 0.15) is 33.6 Å². The van der Waals surface area contributed by atoms with Gasteiger partial charge >= 0.3 is 5.97 Å². The van der Waals surface area contributed by atoms with Crippen molar-refractivity contribution in [3.63, 3.8) is 0 Å². The maximum atomic E-state index is 12.8. The van der Waals surface area contributed by atoms with Gasteiger partial charge in [0.15, 0.2) is 4.80 Å². The number of aryl methyl sites for hydroxylation is 1. The Morgan fingerprint density at radius 1 is 1.03 bits per heavy atom. The van der Waals surface area contributed by atoms with Crippen LogP contribution in [0, 0.1) is 0 Å². The number of methoxy groups -OCH3 is 1. The van der Waals surface area contributed by atoms with Gasteiger partial charge in [0, 0.05) is 25.5 Å². The highest BCUT2D eigenvalue weighted by atomic mass is 32.1. The van der Waals surface area contributed by atoms with Gasteiger partial charge in [-0.3, -0.25) is 19.3 Å². The van der Waals surface area contributed by atoms with Crippen molar-refractivity contribution in [2.75, 3.05) is 12.0 Å². The molecule has 0 radical (unpaired) electrons. The normalized spacial score (nSPS) is 14.6. The molecule has 9 heteroatoms. The van der Waals surface area contributed by atoms with Gasteiger partial charge in [0.05, 0.1) is 28.6 Å². The van der Waals surface area contributed by atoms with Crippen molar-refractivity contribution in [3.8, 4) is 0 Å². The van der Waals surface area contributed by atoms with E-state index in [-0.39, 0.29) is 30.2 Å². The molecule has 1 saturated heterocycles. The number of imide groups is 1. The van der Waals surface area contributed by atoms with Gasteiger partial charge < -0.3 is 9.30 Å². The predicted molar refractivity (Wildman–Crippen MR) is 110 cm³/mol. The van der Waals surface area contributed by atoms with Gasteiger partial charge in [0.2, 0.25) is 11.8 Å². The number of carbonyl (C=O) groups excluding carboxylic acids is 4. The van der Waals surface area contributed by atoms with E-state index < -0.39 is 11.9 Å². The maximum Gasteiger partial charge on any atom is 0.337 e. The molecule has 0 bridgehead atoms. The number of thiazole rings is 1. The fourth-order valence-corrected chi connectivity index (χ4v) is 4.34. The molecule has 1 aromatic heterocycles. The monoisotopic (exact) mass is 423 g/mol. The molecule has 0 spiro atoms. The fourth-order valence-electron chi connectivity index (χ4n) is 3.28. The Labute approximate surface area is 175 Å². The molecular weight excluding hydrogens is 406 g/mol. The molecule has 0 atom stereocenters. The summed E-state index contributed by atoms with van der Waals surface area (Å²) in [6, 6.07) is 11.4. The maximum absolute atomic E-state index is 12.8. The summed E-state index contributed by atoms with van der Waals surface area (Å²) in [7, 11) is 3.10. The van der Waals surface area contributed by atoms with Crippen LogP contribution >= 0.6 is 11.3 Å². The Kier molecular flexibility index (Phi) is 5.04. The van der Waals surface area contributed by atoms with Crippen LogP contribution in [-0.4, -0.2) is 35.4 Å². The molecule has 0 saturated carbocycles. The Morgan fingerprint density at radius 3 is 2.47 bits per heavy atom. The highest BCUT2D eigenvalue weighted by molar-refractivity contribution is 7.16. The van der Waals surface area contributed by atoms with E-state index in [9.17, 15) is 19.2 Å². The number of rotatable bonds is 3. The molecule has 30 heavy (non-hydrogen) atoms. The van der Waals surface area contributed by atoms with E-state index in [1.165, 1.54) is 24.5 Å². The van der Waals surface area contributed by atoms with Gasteiger partial charge in [-0.05, 0) is 36.4 Å². The minimum atomic E-state index is -0.494. The number of carbonyl (C=O) groups is 4. The van der Waals surface area contributed by atoms with E-state index in [1.54, 1.807) is 48.0 Å². The van der Waals surface area contributed by atoms with Crippen molar-refractivity contribution in [1.82, 2.24) is 4.57 Å². The zero-order valence-electron chi connectivity index (χ0n) is 16.2. The van der Waals surface area contributed by atoms with Crippen LogP contribution in [0.4, 0.5) is 5.69 Å². The van der Waals surface area contributed by atoms with Crippen LogP contribution in [0.3, 0.4) is 0 Å². The first-order valence-corrected chi connectivity index (χ1v) is 9.93. The number of anilines is 1. The van der Waals surface area contributed by atoms with Crippen molar-refractivity contribution in [1.29, 1.82) is 0 Å². The third kappa shape index (κ3) is 3.43. The first-order valence-electron chi connectivity index (χ1n) is 9.12. The van der Waals surface area contributed by atoms with Crippen molar-refractivity contribution in [2.24, 2.45) is 12.0 Å². The topological polar surface area (TPSA) is 98.0 Å². The zero-order valence-corrected chi connectivity index (χ0v) is 17.1. The molecule has 0 N–H and O–H groups in total. The van der Waals surface area contributed by atoms with Crippen LogP contribution < -0.4 is 9.70 Å². The lowest BCUT2D eigenvalue weighted by Gasteiger charge is -2.14. The molecule has 3 amide bonds. The minimum Gasteiger partial charge on any atom is -0.465 e. The summed E-state index contributed by atoms with van der Waals surface area (Å²) in [6.07, 6.45) is 0.346. The van der Waals surface area contributed by atoms with E-state index in [1.807, 2.05) is 0 Å². The second kappa shape index (κ2) is 7.68. The summed E-state index contributed by atoms with van der Waals surface area (Å²) < 4.78 is 7.29. The van der Waals surface area contributed by atoms with E-state index in [0.29, 0.717) is 16.1 Å². The lowest BCUT2D eigenvalue weighted by molar-refractivity contribution is -0.121. The summed E-state index contributed by atoms with van der Waals surface area (Å²) in [5, 5.41) is 0. The Balaban J connectivity index is 1.71. The van der Waals surface area contributed by atoms with E-state index in [2.05, 4.69) is 4.99 Å². The van der Waals surface area contributed by atoms with Crippen LogP contribution in [0.2, 0.25) is 0 Å². The second-order valence-corrected chi connectivity index (χ2v) is 7.72. The number of ether oxygens (including phenoxy) is 1. The highest BCUT2D eigenvalue weighted by Crippen LogP contribution is 2.24. The second-order valence-electron chi connectivity index (χ2n) is 6.71. The largest absolute Gasteiger partial charge is 0.465 e. The molecule has 1 aliphatic heterocycles. The molecule has 152 valence electrons.